The van der Waals surface area contributed by atoms with Gasteiger partial charge in [-0.2, -0.15) is 0 Å². The summed E-state index contributed by atoms with van der Waals surface area (Å²) in [5.41, 5.74) is 1.04. The zero-order valence-electron chi connectivity index (χ0n) is 11.5. The van der Waals surface area contributed by atoms with Gasteiger partial charge in [-0.1, -0.05) is 18.2 Å². The van der Waals surface area contributed by atoms with Gasteiger partial charge in [0, 0.05) is 0 Å². The number of benzene rings is 1. The van der Waals surface area contributed by atoms with Gasteiger partial charge in [-0.25, -0.2) is 0 Å². The van der Waals surface area contributed by atoms with Gasteiger partial charge in [-0.15, -0.1) is 11.3 Å². The molecule has 0 spiro atoms. The minimum Gasteiger partial charge on any atom is -0.497 e. The topological polar surface area (TPSA) is 44.8 Å². The number of aldehydes is 1. The summed E-state index contributed by atoms with van der Waals surface area (Å²) in [4.78, 5) is 12.5. The molecule has 4 nitrogen and oxygen atoms in total. The van der Waals surface area contributed by atoms with Gasteiger partial charge in [-0.05, 0) is 23.8 Å². The molecule has 0 fully saturated rings. The van der Waals surface area contributed by atoms with Gasteiger partial charge in [0.1, 0.15) is 23.8 Å². The van der Waals surface area contributed by atoms with Gasteiger partial charge >= 0.3 is 0 Å². The number of hydrogen-bond donors (Lipinski definition) is 0. The Balaban J connectivity index is 1.88. The predicted molar refractivity (Wildman–Crippen MR) is 82.6 cm³/mol. The van der Waals surface area contributed by atoms with Gasteiger partial charge in [-0.3, -0.25) is 4.79 Å². The molecule has 1 aliphatic rings. The number of carbonyl (C=O) groups excluding carboxylic acids is 1. The molecule has 21 heavy (non-hydrogen) atoms. The van der Waals surface area contributed by atoms with E-state index in [1.807, 2.05) is 36.4 Å². The van der Waals surface area contributed by atoms with Crippen molar-refractivity contribution in [3.8, 4) is 17.2 Å². The Morgan fingerprint density at radius 2 is 1.71 bits per heavy atom. The molecule has 0 atom stereocenters. The Morgan fingerprint density at radius 3 is 2.33 bits per heavy atom. The second-order valence-corrected chi connectivity index (χ2v) is 5.49. The quantitative estimate of drug-likeness (QED) is 0.811. The van der Waals surface area contributed by atoms with Crippen LogP contribution in [0.3, 0.4) is 0 Å². The number of methoxy groups -OCH3 is 1. The Labute approximate surface area is 126 Å². The molecule has 2 aromatic rings. The van der Waals surface area contributed by atoms with E-state index in [0.717, 1.165) is 22.5 Å². The maximum atomic E-state index is 11.1. The highest BCUT2D eigenvalue weighted by Crippen LogP contribution is 2.44. The molecule has 1 aliphatic heterocycles. The molecule has 0 amide bonds. The Kier molecular flexibility index (Phi) is 3.92. The van der Waals surface area contributed by atoms with Gasteiger partial charge in [0.15, 0.2) is 17.8 Å². The molecule has 108 valence electrons. The highest BCUT2D eigenvalue weighted by atomic mass is 32.1. The van der Waals surface area contributed by atoms with Gasteiger partial charge < -0.3 is 14.2 Å². The van der Waals surface area contributed by atoms with Crippen LogP contribution in [0.2, 0.25) is 0 Å². The third-order valence-electron chi connectivity index (χ3n) is 3.10. The average Bonchev–Trinajstić information content (AvgIpc) is 2.91. The standard InChI is InChI=1S/C16H14O4S/c1-18-12-5-2-11(3-6-12)4-7-13-15-16(14(10-17)21-13)20-9-8-19-15/h2-7,10H,8-9H2,1H3/b7-4+. The first kappa shape index (κ1) is 13.7. The van der Waals surface area contributed by atoms with Crippen molar-refractivity contribution in [2.45, 2.75) is 0 Å². The summed E-state index contributed by atoms with van der Waals surface area (Å²) in [5.74, 6) is 2.05. The second kappa shape index (κ2) is 6.01. The Hall–Kier alpha value is -2.27. The SMILES string of the molecule is COc1ccc(/C=C/c2sc(C=O)c3c2OCCO3)cc1. The Morgan fingerprint density at radius 1 is 1.05 bits per heavy atom. The van der Waals surface area contributed by atoms with E-state index in [1.165, 1.54) is 11.3 Å². The van der Waals surface area contributed by atoms with Crippen LogP contribution < -0.4 is 14.2 Å². The summed E-state index contributed by atoms with van der Waals surface area (Å²) >= 11 is 1.37. The number of ether oxygens (including phenoxy) is 3. The summed E-state index contributed by atoms with van der Waals surface area (Å²) in [6.45, 7) is 0.984. The van der Waals surface area contributed by atoms with E-state index in [9.17, 15) is 4.79 Å². The molecule has 0 bridgehead atoms. The van der Waals surface area contributed by atoms with Crippen LogP contribution in [-0.2, 0) is 0 Å². The van der Waals surface area contributed by atoms with Crippen LogP contribution >= 0.6 is 11.3 Å². The van der Waals surface area contributed by atoms with Crippen molar-refractivity contribution in [2.75, 3.05) is 20.3 Å². The summed E-state index contributed by atoms with van der Waals surface area (Å²) < 4.78 is 16.3. The second-order valence-electron chi connectivity index (χ2n) is 4.41. The van der Waals surface area contributed by atoms with E-state index in [2.05, 4.69) is 0 Å². The predicted octanol–water partition coefficient (Wildman–Crippen LogP) is 3.51. The van der Waals surface area contributed by atoms with Crippen LogP contribution in [-0.4, -0.2) is 26.6 Å². The van der Waals surface area contributed by atoms with Gasteiger partial charge in [0.05, 0.1) is 12.0 Å². The molecular formula is C16H14O4S. The smallest absolute Gasteiger partial charge is 0.183 e. The van der Waals surface area contributed by atoms with Crippen LogP contribution in [0, 0.1) is 0 Å². The molecule has 0 N–H and O–H groups in total. The molecule has 0 saturated carbocycles. The van der Waals surface area contributed by atoms with Gasteiger partial charge in [0.25, 0.3) is 0 Å². The largest absolute Gasteiger partial charge is 0.497 e. The summed E-state index contributed by atoms with van der Waals surface area (Å²) in [5, 5.41) is 0. The van der Waals surface area contributed by atoms with Crippen molar-refractivity contribution in [1.29, 1.82) is 0 Å². The fraction of sp³-hybridized carbons (Fsp3) is 0.188. The van der Waals surface area contributed by atoms with Crippen LogP contribution in [0.1, 0.15) is 20.1 Å². The van der Waals surface area contributed by atoms with Crippen molar-refractivity contribution in [1.82, 2.24) is 0 Å². The number of rotatable bonds is 4. The molecule has 1 aromatic heterocycles. The third kappa shape index (κ3) is 2.78. The van der Waals surface area contributed by atoms with Crippen LogP contribution in [0.5, 0.6) is 17.2 Å². The van der Waals surface area contributed by atoms with E-state index in [0.29, 0.717) is 29.6 Å². The number of thiophene rings is 1. The van der Waals surface area contributed by atoms with E-state index >= 15 is 0 Å². The first-order chi connectivity index (χ1) is 10.3. The number of hydrogen-bond acceptors (Lipinski definition) is 5. The maximum Gasteiger partial charge on any atom is 0.183 e. The van der Waals surface area contributed by atoms with Crippen molar-refractivity contribution in [3.63, 3.8) is 0 Å². The minimum absolute atomic E-state index is 0.478. The molecule has 3 rings (SSSR count). The molecular weight excluding hydrogens is 288 g/mol. The van der Waals surface area contributed by atoms with Crippen LogP contribution in [0.15, 0.2) is 24.3 Å². The monoisotopic (exact) mass is 302 g/mol. The number of carbonyl (C=O) groups is 1. The molecule has 0 radical (unpaired) electrons. The van der Waals surface area contributed by atoms with Crippen molar-refractivity contribution >= 4 is 29.8 Å². The molecule has 1 aromatic carbocycles. The summed E-state index contributed by atoms with van der Waals surface area (Å²) in [7, 11) is 1.64. The summed E-state index contributed by atoms with van der Waals surface area (Å²) in [6.07, 6.45) is 4.72. The lowest BCUT2D eigenvalue weighted by molar-refractivity contribution is 0.111. The lowest BCUT2D eigenvalue weighted by Crippen LogP contribution is -2.15. The minimum atomic E-state index is 0.478. The molecule has 5 heteroatoms. The Bertz CT molecular complexity index is 670. The van der Waals surface area contributed by atoms with E-state index < -0.39 is 0 Å². The fourth-order valence-corrected chi connectivity index (χ4v) is 2.98. The average molecular weight is 302 g/mol. The first-order valence-corrected chi connectivity index (χ1v) is 7.33. The van der Waals surface area contributed by atoms with Crippen LogP contribution in [0.25, 0.3) is 12.2 Å². The normalized spacial score (nSPS) is 13.4. The lowest BCUT2D eigenvalue weighted by atomic mass is 10.2. The molecule has 0 aliphatic carbocycles. The highest BCUT2D eigenvalue weighted by Gasteiger charge is 2.22. The van der Waals surface area contributed by atoms with Gasteiger partial charge in [0.2, 0.25) is 0 Å². The zero-order chi connectivity index (χ0) is 14.7. The first-order valence-electron chi connectivity index (χ1n) is 6.51. The molecule has 0 saturated heterocycles. The highest BCUT2D eigenvalue weighted by molar-refractivity contribution is 7.15. The van der Waals surface area contributed by atoms with E-state index in [-0.39, 0.29) is 0 Å². The van der Waals surface area contributed by atoms with Crippen molar-refractivity contribution < 1.29 is 19.0 Å². The molecule has 2 heterocycles. The van der Waals surface area contributed by atoms with Crippen molar-refractivity contribution in [2.24, 2.45) is 0 Å². The summed E-state index contributed by atoms with van der Waals surface area (Å²) in [6, 6.07) is 7.74. The lowest BCUT2D eigenvalue weighted by Gasteiger charge is -2.15. The van der Waals surface area contributed by atoms with Crippen LogP contribution in [0.4, 0.5) is 0 Å². The van der Waals surface area contributed by atoms with Crippen molar-refractivity contribution in [3.05, 3.63) is 39.6 Å². The van der Waals surface area contributed by atoms with E-state index in [4.69, 9.17) is 14.2 Å². The maximum absolute atomic E-state index is 11.1. The zero-order valence-corrected chi connectivity index (χ0v) is 12.3. The fourth-order valence-electron chi connectivity index (χ4n) is 2.07. The number of fused-ring (bicyclic) bond motifs is 1. The van der Waals surface area contributed by atoms with E-state index in [1.54, 1.807) is 7.11 Å². The third-order valence-corrected chi connectivity index (χ3v) is 4.14. The molecule has 0 unspecified atom stereocenters.